The molecule has 0 saturated heterocycles. The van der Waals surface area contributed by atoms with Gasteiger partial charge in [0.05, 0.1) is 23.8 Å². The number of benzene rings is 2. The van der Waals surface area contributed by atoms with Crippen molar-refractivity contribution in [2.75, 3.05) is 12.8 Å². The fourth-order valence-electron chi connectivity index (χ4n) is 2.36. The zero-order valence-corrected chi connectivity index (χ0v) is 11.4. The lowest BCUT2D eigenvalue weighted by molar-refractivity contribution is 0.269. The first kappa shape index (κ1) is 13.4. The molecule has 3 rings (SSSR count). The van der Waals surface area contributed by atoms with Crippen molar-refractivity contribution in [3.05, 3.63) is 48.0 Å². The van der Waals surface area contributed by atoms with Crippen LogP contribution in [0.25, 0.3) is 16.7 Å². The number of halogens is 1. The van der Waals surface area contributed by atoms with Crippen LogP contribution < -0.4 is 10.5 Å². The molecule has 0 fully saturated rings. The van der Waals surface area contributed by atoms with Crippen molar-refractivity contribution in [1.82, 2.24) is 9.55 Å². The highest BCUT2D eigenvalue weighted by Gasteiger charge is 2.15. The Balaban J connectivity index is 2.33. The molecule has 2 aromatic carbocycles. The fourth-order valence-corrected chi connectivity index (χ4v) is 2.36. The van der Waals surface area contributed by atoms with Crippen molar-refractivity contribution in [2.45, 2.75) is 6.61 Å². The van der Waals surface area contributed by atoms with Gasteiger partial charge in [-0.1, -0.05) is 0 Å². The number of nitrogens with zero attached hydrogens (tertiary/aromatic N) is 2. The molecule has 0 bridgehead atoms. The van der Waals surface area contributed by atoms with E-state index in [0.29, 0.717) is 28.5 Å². The number of nitrogen functional groups attached to an aromatic ring is 1. The predicted octanol–water partition coefficient (Wildman–Crippen LogP) is 2.25. The minimum absolute atomic E-state index is 0.255. The number of aliphatic hydroxyl groups excluding tert-OH is 1. The zero-order valence-electron chi connectivity index (χ0n) is 11.4. The van der Waals surface area contributed by atoms with Gasteiger partial charge in [-0.3, -0.25) is 4.57 Å². The predicted molar refractivity (Wildman–Crippen MR) is 77.9 cm³/mol. The lowest BCUT2D eigenvalue weighted by atomic mass is 10.2. The van der Waals surface area contributed by atoms with Crippen LogP contribution in [0, 0.1) is 5.82 Å². The van der Waals surface area contributed by atoms with Gasteiger partial charge >= 0.3 is 0 Å². The summed E-state index contributed by atoms with van der Waals surface area (Å²) >= 11 is 0. The Morgan fingerprint density at radius 2 is 2.10 bits per heavy atom. The molecule has 0 amide bonds. The molecule has 1 aromatic heterocycles. The SMILES string of the molecule is COc1cc(F)ccc1-n1c(CO)nc2cc(N)ccc21. The van der Waals surface area contributed by atoms with E-state index in [2.05, 4.69) is 4.98 Å². The highest BCUT2D eigenvalue weighted by atomic mass is 19.1. The van der Waals surface area contributed by atoms with Crippen molar-refractivity contribution in [3.8, 4) is 11.4 Å². The smallest absolute Gasteiger partial charge is 0.145 e. The van der Waals surface area contributed by atoms with E-state index < -0.39 is 5.82 Å². The van der Waals surface area contributed by atoms with Gasteiger partial charge in [-0.15, -0.1) is 0 Å². The van der Waals surface area contributed by atoms with E-state index in [1.54, 1.807) is 28.8 Å². The maximum Gasteiger partial charge on any atom is 0.145 e. The topological polar surface area (TPSA) is 73.3 Å². The highest BCUT2D eigenvalue weighted by Crippen LogP contribution is 2.30. The molecule has 6 heteroatoms. The van der Waals surface area contributed by atoms with E-state index in [0.717, 1.165) is 5.52 Å². The number of hydrogen-bond acceptors (Lipinski definition) is 4. The second kappa shape index (κ2) is 5.06. The largest absolute Gasteiger partial charge is 0.494 e. The van der Waals surface area contributed by atoms with Gasteiger partial charge in [-0.25, -0.2) is 9.37 Å². The first-order valence-corrected chi connectivity index (χ1v) is 6.35. The van der Waals surface area contributed by atoms with Crippen LogP contribution in [0.5, 0.6) is 5.75 Å². The second-order valence-electron chi connectivity index (χ2n) is 4.59. The second-order valence-corrected chi connectivity index (χ2v) is 4.59. The Morgan fingerprint density at radius 3 is 2.81 bits per heavy atom. The third-order valence-electron chi connectivity index (χ3n) is 3.27. The number of hydrogen-bond donors (Lipinski definition) is 2. The number of nitrogens with two attached hydrogens (primary N) is 1. The number of imidazole rings is 1. The van der Waals surface area contributed by atoms with Gasteiger partial charge in [0.25, 0.3) is 0 Å². The summed E-state index contributed by atoms with van der Waals surface area (Å²) in [6.07, 6.45) is 0. The average molecular weight is 287 g/mol. The standard InChI is InChI=1S/C15H14FN3O2/c1-21-14-6-9(16)2-4-13(14)19-12-5-3-10(17)7-11(12)18-15(19)8-20/h2-7,20H,8,17H2,1H3. The Kier molecular flexibility index (Phi) is 3.23. The molecule has 0 saturated carbocycles. The molecule has 0 aliphatic rings. The van der Waals surface area contributed by atoms with Crippen LogP contribution in [0.2, 0.25) is 0 Å². The van der Waals surface area contributed by atoms with E-state index in [4.69, 9.17) is 10.5 Å². The van der Waals surface area contributed by atoms with Gasteiger partial charge in [-0.05, 0) is 30.3 Å². The molecule has 3 aromatic rings. The highest BCUT2D eigenvalue weighted by molar-refractivity contribution is 5.82. The number of aromatic nitrogens is 2. The van der Waals surface area contributed by atoms with Crippen LogP contribution in [0.1, 0.15) is 5.82 Å². The lowest BCUT2D eigenvalue weighted by Crippen LogP contribution is -2.03. The molecule has 0 aliphatic heterocycles. The van der Waals surface area contributed by atoms with Gasteiger partial charge in [0.1, 0.15) is 24.0 Å². The zero-order chi connectivity index (χ0) is 15.0. The summed E-state index contributed by atoms with van der Waals surface area (Å²) in [4.78, 5) is 4.35. The molecular formula is C15H14FN3O2. The minimum atomic E-state index is -0.394. The van der Waals surface area contributed by atoms with Crippen molar-refractivity contribution in [3.63, 3.8) is 0 Å². The van der Waals surface area contributed by atoms with E-state index in [-0.39, 0.29) is 6.61 Å². The molecule has 0 unspecified atom stereocenters. The number of fused-ring (bicyclic) bond motifs is 1. The summed E-state index contributed by atoms with van der Waals surface area (Å²) in [5.41, 5.74) is 8.37. The Labute approximate surface area is 120 Å². The Morgan fingerprint density at radius 1 is 1.29 bits per heavy atom. The monoisotopic (exact) mass is 287 g/mol. The van der Waals surface area contributed by atoms with Crippen molar-refractivity contribution in [1.29, 1.82) is 0 Å². The normalized spacial score (nSPS) is 11.0. The summed E-state index contributed by atoms with van der Waals surface area (Å²) in [6.45, 7) is -0.255. The van der Waals surface area contributed by atoms with Gasteiger partial charge in [-0.2, -0.15) is 0 Å². The maximum atomic E-state index is 13.4. The first-order valence-electron chi connectivity index (χ1n) is 6.35. The maximum absolute atomic E-state index is 13.4. The molecule has 1 heterocycles. The number of rotatable bonds is 3. The van der Waals surface area contributed by atoms with Crippen LogP contribution in [0.3, 0.4) is 0 Å². The molecule has 0 aliphatic carbocycles. The number of ether oxygens (including phenoxy) is 1. The van der Waals surface area contributed by atoms with Crippen LogP contribution in [-0.4, -0.2) is 21.8 Å². The summed E-state index contributed by atoms with van der Waals surface area (Å²) in [5, 5.41) is 9.54. The minimum Gasteiger partial charge on any atom is -0.494 e. The van der Waals surface area contributed by atoms with Gasteiger partial charge < -0.3 is 15.6 Å². The van der Waals surface area contributed by atoms with Gasteiger partial charge in [0.15, 0.2) is 0 Å². The molecule has 21 heavy (non-hydrogen) atoms. The number of aliphatic hydroxyl groups is 1. The van der Waals surface area contributed by atoms with E-state index in [1.165, 1.54) is 19.2 Å². The van der Waals surface area contributed by atoms with Crippen LogP contribution in [-0.2, 0) is 6.61 Å². The number of methoxy groups -OCH3 is 1. The summed E-state index contributed by atoms with van der Waals surface area (Å²) < 4.78 is 20.3. The Bertz CT molecular complexity index is 814. The first-order chi connectivity index (χ1) is 10.1. The van der Waals surface area contributed by atoms with Crippen LogP contribution in [0.4, 0.5) is 10.1 Å². The van der Waals surface area contributed by atoms with Gasteiger partial charge in [0.2, 0.25) is 0 Å². The van der Waals surface area contributed by atoms with Crippen molar-refractivity contribution < 1.29 is 14.2 Å². The van der Waals surface area contributed by atoms with Crippen LogP contribution >= 0.6 is 0 Å². The molecule has 108 valence electrons. The molecule has 5 nitrogen and oxygen atoms in total. The quantitative estimate of drug-likeness (QED) is 0.725. The van der Waals surface area contributed by atoms with Crippen molar-refractivity contribution in [2.24, 2.45) is 0 Å². The van der Waals surface area contributed by atoms with E-state index >= 15 is 0 Å². The summed E-state index contributed by atoms with van der Waals surface area (Å²) in [7, 11) is 1.47. The molecule has 0 radical (unpaired) electrons. The van der Waals surface area contributed by atoms with E-state index in [1.807, 2.05) is 0 Å². The molecule has 0 atom stereocenters. The molecule has 0 spiro atoms. The van der Waals surface area contributed by atoms with Crippen LogP contribution in [0.15, 0.2) is 36.4 Å². The summed E-state index contributed by atoms with van der Waals surface area (Å²) in [5.74, 6) is 0.399. The number of anilines is 1. The van der Waals surface area contributed by atoms with E-state index in [9.17, 15) is 9.50 Å². The average Bonchev–Trinajstić information content (AvgIpc) is 2.84. The molecular weight excluding hydrogens is 273 g/mol. The molecule has 3 N–H and O–H groups in total. The third kappa shape index (κ3) is 2.19. The lowest BCUT2D eigenvalue weighted by Gasteiger charge is -2.12. The fraction of sp³-hybridized carbons (Fsp3) is 0.133. The summed E-state index contributed by atoms with van der Waals surface area (Å²) in [6, 6.07) is 9.49. The third-order valence-corrected chi connectivity index (χ3v) is 3.27. The van der Waals surface area contributed by atoms with Crippen molar-refractivity contribution >= 4 is 16.7 Å². The van der Waals surface area contributed by atoms with Gasteiger partial charge in [0, 0.05) is 11.8 Å². The Hall–Kier alpha value is -2.60.